The molecule has 6 atom stereocenters. The summed E-state index contributed by atoms with van der Waals surface area (Å²) in [5, 5.41) is 36.9. The lowest BCUT2D eigenvalue weighted by Crippen LogP contribution is -2.65. The van der Waals surface area contributed by atoms with Gasteiger partial charge >= 0.3 is 6.09 Å². The van der Waals surface area contributed by atoms with Gasteiger partial charge in [0.05, 0.1) is 13.2 Å². The highest BCUT2D eigenvalue weighted by atomic mass is 16.7. The number of aliphatic hydroxyl groups is 3. The number of amides is 3. The Morgan fingerprint density at radius 2 is 1.84 bits per heavy atom. The van der Waals surface area contributed by atoms with Crippen molar-refractivity contribution < 1.29 is 43.9 Å². The molecule has 1 saturated heterocycles. The van der Waals surface area contributed by atoms with Crippen molar-refractivity contribution in [1.82, 2.24) is 16.0 Å². The third kappa shape index (κ3) is 7.14. The first-order valence-corrected chi connectivity index (χ1v) is 9.96. The van der Waals surface area contributed by atoms with Gasteiger partial charge in [0.25, 0.3) is 0 Å². The lowest BCUT2D eigenvalue weighted by Gasteiger charge is -2.42. The van der Waals surface area contributed by atoms with Gasteiger partial charge in [-0.25, -0.2) is 4.79 Å². The van der Waals surface area contributed by atoms with E-state index in [2.05, 4.69) is 16.0 Å². The quantitative estimate of drug-likeness (QED) is 0.246. The van der Waals surface area contributed by atoms with Crippen LogP contribution in [0, 0.1) is 0 Å². The second-order valence-corrected chi connectivity index (χ2v) is 7.14. The largest absolute Gasteiger partial charge is 0.445 e. The third-order valence-electron chi connectivity index (χ3n) is 4.75. The lowest BCUT2D eigenvalue weighted by atomic mass is 9.97. The predicted octanol–water partition coefficient (Wildman–Crippen LogP) is -2.01. The first-order chi connectivity index (χ1) is 15.3. The topological polar surface area (TPSA) is 176 Å². The van der Waals surface area contributed by atoms with Gasteiger partial charge in [-0.3, -0.25) is 9.59 Å². The highest BCUT2D eigenvalue weighted by Gasteiger charge is 2.45. The molecule has 32 heavy (non-hydrogen) atoms. The zero-order chi connectivity index (χ0) is 23.7. The highest BCUT2D eigenvalue weighted by molar-refractivity contribution is 5.85. The first kappa shape index (κ1) is 25.5. The fourth-order valence-corrected chi connectivity index (χ4v) is 3.07. The molecule has 1 heterocycles. The van der Waals surface area contributed by atoms with E-state index in [4.69, 9.17) is 14.2 Å². The molecule has 0 aromatic heterocycles. The fraction of sp³-hybridized carbons (Fsp3) is 0.550. The summed E-state index contributed by atoms with van der Waals surface area (Å²) in [6.45, 7) is 0.161. The standard InChI is InChI=1S/C20H29N3O9/c1-11(25)22-15-17(27)16(26)14(8-24)32-19(15)30-10-13(18(28)21-2)23-20(29)31-9-12-6-4-3-5-7-12/h3-7,13-17,19,24,26-27H,8-10H2,1-2H3,(H,21,28)(H,22,25)(H,23,29)/t13-,14+,15+,16-,17-,19+/m0/s1. The number of rotatable bonds is 9. The molecule has 0 spiro atoms. The Hall–Kier alpha value is -2.77. The minimum Gasteiger partial charge on any atom is -0.445 e. The number of alkyl carbamates (subject to hydrolysis) is 1. The van der Waals surface area contributed by atoms with E-state index in [9.17, 15) is 29.7 Å². The molecule has 6 N–H and O–H groups in total. The van der Waals surface area contributed by atoms with E-state index in [-0.39, 0.29) is 6.61 Å². The van der Waals surface area contributed by atoms with E-state index in [1.165, 1.54) is 14.0 Å². The molecule has 0 bridgehead atoms. The van der Waals surface area contributed by atoms with Crippen LogP contribution < -0.4 is 16.0 Å². The van der Waals surface area contributed by atoms with Gasteiger partial charge in [0.2, 0.25) is 11.8 Å². The Labute approximate surface area is 184 Å². The van der Waals surface area contributed by atoms with Crippen LogP contribution in [-0.2, 0) is 30.4 Å². The van der Waals surface area contributed by atoms with Crippen molar-refractivity contribution in [3.8, 4) is 0 Å². The molecule has 1 aliphatic heterocycles. The molecule has 178 valence electrons. The van der Waals surface area contributed by atoms with E-state index in [1.807, 2.05) is 6.07 Å². The number of nitrogens with one attached hydrogen (secondary N) is 3. The zero-order valence-corrected chi connectivity index (χ0v) is 17.8. The van der Waals surface area contributed by atoms with Crippen LogP contribution in [0.25, 0.3) is 0 Å². The van der Waals surface area contributed by atoms with E-state index in [1.54, 1.807) is 24.3 Å². The van der Waals surface area contributed by atoms with Crippen molar-refractivity contribution in [1.29, 1.82) is 0 Å². The van der Waals surface area contributed by atoms with Crippen LogP contribution in [0.15, 0.2) is 30.3 Å². The Bertz CT molecular complexity index is 764. The van der Waals surface area contributed by atoms with E-state index >= 15 is 0 Å². The lowest BCUT2D eigenvalue weighted by molar-refractivity contribution is -0.270. The fourth-order valence-electron chi connectivity index (χ4n) is 3.07. The third-order valence-corrected chi connectivity index (χ3v) is 4.75. The number of benzene rings is 1. The molecule has 1 aromatic carbocycles. The van der Waals surface area contributed by atoms with E-state index in [0.29, 0.717) is 0 Å². The second kappa shape index (κ2) is 12.3. The van der Waals surface area contributed by atoms with Crippen molar-refractivity contribution in [2.24, 2.45) is 0 Å². The Morgan fingerprint density at radius 3 is 2.44 bits per heavy atom. The van der Waals surface area contributed by atoms with Crippen molar-refractivity contribution in [2.45, 2.75) is 50.2 Å². The van der Waals surface area contributed by atoms with Crippen LogP contribution in [0.4, 0.5) is 4.79 Å². The van der Waals surface area contributed by atoms with Gasteiger partial charge in [0.1, 0.15) is 37.0 Å². The van der Waals surface area contributed by atoms with Crippen molar-refractivity contribution in [3.05, 3.63) is 35.9 Å². The molecule has 1 aliphatic rings. The SMILES string of the molecule is CNC(=O)[C@H](CO[C@@H]1O[C@H](CO)[C@H](O)[C@@H](O)[C@H]1NC(C)=O)NC(=O)OCc1ccccc1. The molecule has 1 aromatic rings. The number of ether oxygens (including phenoxy) is 3. The summed E-state index contributed by atoms with van der Waals surface area (Å²) in [7, 11) is 1.37. The van der Waals surface area contributed by atoms with Crippen LogP contribution in [-0.4, -0.2) is 90.2 Å². The van der Waals surface area contributed by atoms with E-state index < -0.39 is 67.8 Å². The average Bonchev–Trinajstić information content (AvgIpc) is 2.79. The average molecular weight is 455 g/mol. The van der Waals surface area contributed by atoms with Crippen LogP contribution in [0.2, 0.25) is 0 Å². The van der Waals surface area contributed by atoms with Crippen LogP contribution in [0.5, 0.6) is 0 Å². The van der Waals surface area contributed by atoms with Gasteiger partial charge in [-0.05, 0) is 5.56 Å². The molecule has 0 unspecified atom stereocenters. The molecule has 0 saturated carbocycles. The van der Waals surface area contributed by atoms with Crippen molar-refractivity contribution in [2.75, 3.05) is 20.3 Å². The molecular formula is C20H29N3O9. The van der Waals surface area contributed by atoms with Crippen LogP contribution in [0.1, 0.15) is 12.5 Å². The summed E-state index contributed by atoms with van der Waals surface area (Å²) in [6, 6.07) is 6.57. The minimum absolute atomic E-state index is 0.00734. The Morgan fingerprint density at radius 1 is 1.16 bits per heavy atom. The molecular weight excluding hydrogens is 426 g/mol. The summed E-state index contributed by atoms with van der Waals surface area (Å²) >= 11 is 0. The Balaban J connectivity index is 2.01. The highest BCUT2D eigenvalue weighted by Crippen LogP contribution is 2.22. The predicted molar refractivity (Wildman–Crippen MR) is 109 cm³/mol. The molecule has 1 fully saturated rings. The van der Waals surface area contributed by atoms with E-state index in [0.717, 1.165) is 5.56 Å². The molecule has 3 amide bonds. The maximum absolute atomic E-state index is 12.2. The zero-order valence-electron chi connectivity index (χ0n) is 17.8. The summed E-state index contributed by atoms with van der Waals surface area (Å²) in [6.07, 6.45) is -6.33. The van der Waals surface area contributed by atoms with Crippen molar-refractivity contribution in [3.63, 3.8) is 0 Å². The maximum Gasteiger partial charge on any atom is 0.408 e. The first-order valence-electron chi connectivity index (χ1n) is 9.96. The van der Waals surface area contributed by atoms with Crippen LogP contribution in [0.3, 0.4) is 0 Å². The molecule has 2 rings (SSSR count). The van der Waals surface area contributed by atoms with Crippen LogP contribution >= 0.6 is 0 Å². The number of aliphatic hydroxyl groups excluding tert-OH is 3. The van der Waals surface area contributed by atoms with Crippen molar-refractivity contribution >= 4 is 17.9 Å². The molecule has 12 nitrogen and oxygen atoms in total. The molecule has 12 heteroatoms. The summed E-state index contributed by atoms with van der Waals surface area (Å²) in [4.78, 5) is 35.8. The number of hydrogen-bond acceptors (Lipinski definition) is 9. The Kier molecular flexibility index (Phi) is 9.81. The number of hydrogen-bond donors (Lipinski definition) is 6. The maximum atomic E-state index is 12.2. The normalized spacial score (nSPS) is 26.0. The van der Waals surface area contributed by atoms with Gasteiger partial charge in [0, 0.05) is 14.0 Å². The van der Waals surface area contributed by atoms with Gasteiger partial charge in [-0.15, -0.1) is 0 Å². The van der Waals surface area contributed by atoms with Gasteiger partial charge < -0.3 is 45.5 Å². The number of carbonyl (C=O) groups excluding carboxylic acids is 3. The molecule has 0 aliphatic carbocycles. The smallest absolute Gasteiger partial charge is 0.408 e. The summed E-state index contributed by atoms with van der Waals surface area (Å²) in [5.74, 6) is -1.11. The number of likely N-dealkylation sites (N-methyl/N-ethyl adjacent to an activating group) is 1. The second-order valence-electron chi connectivity index (χ2n) is 7.14. The summed E-state index contributed by atoms with van der Waals surface area (Å²) < 4.78 is 16.1. The van der Waals surface area contributed by atoms with Gasteiger partial charge in [0.15, 0.2) is 6.29 Å². The van der Waals surface area contributed by atoms with Gasteiger partial charge in [-0.1, -0.05) is 30.3 Å². The summed E-state index contributed by atoms with van der Waals surface area (Å²) in [5.41, 5.74) is 0.756. The monoisotopic (exact) mass is 455 g/mol. The molecule has 0 radical (unpaired) electrons. The van der Waals surface area contributed by atoms with Gasteiger partial charge in [-0.2, -0.15) is 0 Å². The minimum atomic E-state index is -1.50. The number of carbonyl (C=O) groups is 3.